The number of oxime groups is 1. The van der Waals surface area contributed by atoms with E-state index < -0.39 is 0 Å². The Bertz CT molecular complexity index is 833. The molecule has 0 unspecified atom stereocenters. The van der Waals surface area contributed by atoms with Gasteiger partial charge in [0.2, 0.25) is 11.5 Å². The van der Waals surface area contributed by atoms with E-state index >= 15 is 0 Å². The van der Waals surface area contributed by atoms with Gasteiger partial charge >= 0.3 is 0 Å². The highest BCUT2D eigenvalue weighted by atomic mass is 16.5. The molecule has 2 atom stereocenters. The van der Waals surface area contributed by atoms with E-state index in [0.717, 1.165) is 24.0 Å². The van der Waals surface area contributed by atoms with Crippen molar-refractivity contribution < 1.29 is 33.6 Å². The second-order valence-electron chi connectivity index (χ2n) is 7.12. The molecule has 1 N–H and O–H groups in total. The van der Waals surface area contributed by atoms with Crippen LogP contribution in [0.4, 0.5) is 0 Å². The van der Waals surface area contributed by atoms with Gasteiger partial charge in [-0.25, -0.2) is 0 Å². The van der Waals surface area contributed by atoms with E-state index in [0.29, 0.717) is 40.2 Å². The molecule has 168 valence electrons. The van der Waals surface area contributed by atoms with Crippen LogP contribution in [0.15, 0.2) is 29.4 Å². The first-order chi connectivity index (χ1) is 15.1. The smallest absolute Gasteiger partial charge is 0.203 e. The number of methoxy groups -OCH3 is 6. The first-order valence-electron chi connectivity index (χ1n) is 9.88. The summed E-state index contributed by atoms with van der Waals surface area (Å²) in [5.74, 6) is 3.07. The van der Waals surface area contributed by atoms with E-state index in [1.807, 2.05) is 24.3 Å². The lowest BCUT2D eigenvalue weighted by Gasteiger charge is -2.20. The third-order valence-corrected chi connectivity index (χ3v) is 5.75. The number of rotatable bonds is 8. The van der Waals surface area contributed by atoms with Crippen LogP contribution in [0.25, 0.3) is 0 Å². The van der Waals surface area contributed by atoms with Crippen molar-refractivity contribution in [3.63, 3.8) is 0 Å². The van der Waals surface area contributed by atoms with Crippen molar-refractivity contribution in [3.8, 4) is 34.5 Å². The fourth-order valence-electron chi connectivity index (χ4n) is 4.29. The van der Waals surface area contributed by atoms with Gasteiger partial charge < -0.3 is 33.6 Å². The molecule has 8 heteroatoms. The Labute approximate surface area is 182 Å². The summed E-state index contributed by atoms with van der Waals surface area (Å²) in [4.78, 5) is 0. The normalized spacial score (nSPS) is 17.8. The van der Waals surface area contributed by atoms with Crippen LogP contribution in [0.1, 0.15) is 35.8 Å². The zero-order valence-corrected chi connectivity index (χ0v) is 18.7. The summed E-state index contributed by atoms with van der Waals surface area (Å²) < 4.78 is 32.8. The highest BCUT2D eigenvalue weighted by Crippen LogP contribution is 2.48. The highest BCUT2D eigenvalue weighted by molar-refractivity contribution is 5.98. The molecule has 1 aliphatic carbocycles. The van der Waals surface area contributed by atoms with E-state index in [1.165, 1.54) is 0 Å². The van der Waals surface area contributed by atoms with Crippen LogP contribution in [-0.4, -0.2) is 53.6 Å². The first kappa shape index (κ1) is 22.4. The van der Waals surface area contributed by atoms with E-state index in [-0.39, 0.29) is 11.8 Å². The topological polar surface area (TPSA) is 88.0 Å². The molecule has 0 aliphatic heterocycles. The van der Waals surface area contributed by atoms with Crippen molar-refractivity contribution in [3.05, 3.63) is 35.4 Å². The summed E-state index contributed by atoms with van der Waals surface area (Å²) in [5.41, 5.74) is 2.51. The van der Waals surface area contributed by atoms with Crippen LogP contribution in [0.2, 0.25) is 0 Å². The molecule has 1 saturated carbocycles. The molecule has 31 heavy (non-hydrogen) atoms. The molecule has 0 heterocycles. The number of ether oxygens (including phenoxy) is 6. The minimum absolute atomic E-state index is 0.109. The molecule has 2 aromatic rings. The summed E-state index contributed by atoms with van der Waals surface area (Å²) in [6, 6.07) is 7.59. The maximum absolute atomic E-state index is 9.95. The van der Waals surface area contributed by atoms with Gasteiger partial charge in [-0.2, -0.15) is 0 Å². The number of benzene rings is 2. The second kappa shape index (κ2) is 9.68. The molecule has 0 bridgehead atoms. The maximum atomic E-state index is 9.95. The molecule has 2 aromatic carbocycles. The van der Waals surface area contributed by atoms with Crippen molar-refractivity contribution in [1.29, 1.82) is 0 Å². The molecular weight excluding hydrogens is 402 g/mol. The summed E-state index contributed by atoms with van der Waals surface area (Å²) >= 11 is 0. The monoisotopic (exact) mass is 431 g/mol. The number of nitrogens with zero attached hydrogens (tertiary/aromatic N) is 1. The Kier molecular flexibility index (Phi) is 6.99. The second-order valence-corrected chi connectivity index (χ2v) is 7.12. The summed E-state index contributed by atoms with van der Waals surface area (Å²) in [6.45, 7) is 0. The van der Waals surface area contributed by atoms with Crippen molar-refractivity contribution in [1.82, 2.24) is 0 Å². The quantitative estimate of drug-likeness (QED) is 0.494. The van der Waals surface area contributed by atoms with E-state index in [9.17, 15) is 5.21 Å². The highest BCUT2D eigenvalue weighted by Gasteiger charge is 2.36. The van der Waals surface area contributed by atoms with Crippen molar-refractivity contribution >= 4 is 5.71 Å². The average Bonchev–Trinajstić information content (AvgIpc) is 3.25. The lowest BCUT2D eigenvalue weighted by Crippen LogP contribution is -2.13. The Hall–Kier alpha value is -3.29. The predicted octanol–water partition coefficient (Wildman–Crippen LogP) is 4.23. The summed E-state index contributed by atoms with van der Waals surface area (Å²) in [5, 5.41) is 13.7. The van der Waals surface area contributed by atoms with Gasteiger partial charge in [0.25, 0.3) is 0 Å². The van der Waals surface area contributed by atoms with Gasteiger partial charge in [0.15, 0.2) is 23.0 Å². The third kappa shape index (κ3) is 4.02. The minimum atomic E-state index is -0.109. The van der Waals surface area contributed by atoms with Gasteiger partial charge in [-0.05, 0) is 48.2 Å². The summed E-state index contributed by atoms with van der Waals surface area (Å²) in [7, 11) is 9.45. The summed E-state index contributed by atoms with van der Waals surface area (Å²) in [6.07, 6.45) is 1.58. The number of hydrogen-bond donors (Lipinski definition) is 1. The van der Waals surface area contributed by atoms with E-state index in [2.05, 4.69) is 5.16 Å². The van der Waals surface area contributed by atoms with Crippen LogP contribution in [-0.2, 0) is 0 Å². The Morgan fingerprint density at radius 2 is 0.935 bits per heavy atom. The number of hydrogen-bond acceptors (Lipinski definition) is 8. The van der Waals surface area contributed by atoms with Crippen molar-refractivity contribution in [2.45, 2.75) is 24.7 Å². The van der Waals surface area contributed by atoms with Gasteiger partial charge in [0.05, 0.1) is 48.4 Å². The van der Waals surface area contributed by atoms with Crippen LogP contribution < -0.4 is 28.4 Å². The van der Waals surface area contributed by atoms with Crippen LogP contribution in [0.3, 0.4) is 0 Å². The standard InChI is InChI=1S/C23H29NO7/c1-26-17-9-13(10-18(27-2)22(17)30-5)15-7-8-16(21(15)24-25)14-11-19(28-3)23(31-6)20(12-14)29-4/h9-12,15-16,25H,7-8H2,1-6H3/t15-,16-/m0/s1. The largest absolute Gasteiger partial charge is 0.493 e. The molecule has 0 saturated heterocycles. The molecule has 1 fully saturated rings. The zero-order chi connectivity index (χ0) is 22.5. The molecule has 8 nitrogen and oxygen atoms in total. The lowest BCUT2D eigenvalue weighted by molar-refractivity contribution is 0.315. The van der Waals surface area contributed by atoms with E-state index in [1.54, 1.807) is 42.7 Å². The SMILES string of the molecule is COc1cc([C@@H]2CC[C@@H](c3cc(OC)c(OC)c(OC)c3)C2=NO)cc(OC)c1OC. The van der Waals surface area contributed by atoms with E-state index in [4.69, 9.17) is 28.4 Å². The van der Waals surface area contributed by atoms with Gasteiger partial charge in [-0.15, -0.1) is 0 Å². The zero-order valence-electron chi connectivity index (χ0n) is 18.7. The van der Waals surface area contributed by atoms with Crippen LogP contribution >= 0.6 is 0 Å². The maximum Gasteiger partial charge on any atom is 0.203 e. The van der Waals surface area contributed by atoms with Crippen LogP contribution in [0, 0.1) is 0 Å². The minimum Gasteiger partial charge on any atom is -0.493 e. The fourth-order valence-corrected chi connectivity index (χ4v) is 4.29. The molecule has 3 rings (SSSR count). The Balaban J connectivity index is 2.03. The molecule has 0 aromatic heterocycles. The lowest BCUT2D eigenvalue weighted by atomic mass is 9.90. The molecular formula is C23H29NO7. The predicted molar refractivity (Wildman–Crippen MR) is 116 cm³/mol. The van der Waals surface area contributed by atoms with Crippen molar-refractivity contribution in [2.75, 3.05) is 42.7 Å². The van der Waals surface area contributed by atoms with Crippen LogP contribution in [0.5, 0.6) is 34.5 Å². The first-order valence-corrected chi connectivity index (χ1v) is 9.88. The van der Waals surface area contributed by atoms with Gasteiger partial charge in [-0.1, -0.05) is 5.16 Å². The Morgan fingerprint density at radius 3 is 1.16 bits per heavy atom. The molecule has 0 amide bonds. The van der Waals surface area contributed by atoms with Gasteiger partial charge in [-0.3, -0.25) is 0 Å². The molecule has 0 spiro atoms. The van der Waals surface area contributed by atoms with Crippen molar-refractivity contribution in [2.24, 2.45) is 5.16 Å². The average molecular weight is 431 g/mol. The van der Waals surface area contributed by atoms with Gasteiger partial charge in [0, 0.05) is 11.8 Å². The molecule has 1 aliphatic rings. The third-order valence-electron chi connectivity index (χ3n) is 5.75. The van der Waals surface area contributed by atoms with Gasteiger partial charge in [0.1, 0.15) is 0 Å². The molecule has 0 radical (unpaired) electrons. The Morgan fingerprint density at radius 1 is 0.613 bits per heavy atom. The fraction of sp³-hybridized carbons (Fsp3) is 0.435.